The van der Waals surface area contributed by atoms with E-state index in [-0.39, 0.29) is 11.6 Å². The summed E-state index contributed by atoms with van der Waals surface area (Å²) in [6.07, 6.45) is 3.57. The average Bonchev–Trinajstić information content (AvgIpc) is 3.16. The van der Waals surface area contributed by atoms with E-state index in [1.165, 1.54) is 30.2 Å². The fourth-order valence-corrected chi connectivity index (χ4v) is 3.65. The van der Waals surface area contributed by atoms with Crippen LogP contribution in [0.2, 0.25) is 0 Å². The first-order chi connectivity index (χ1) is 16.0. The minimum atomic E-state index is -0.494. The van der Waals surface area contributed by atoms with Gasteiger partial charge in [-0.3, -0.25) is 19.8 Å². The van der Waals surface area contributed by atoms with Crippen molar-refractivity contribution in [3.63, 3.8) is 0 Å². The fraction of sp³-hybridized carbons (Fsp3) is 0.115. The molecular formula is C26H22N2O5. The number of ether oxygens (including phenoxy) is 2. The normalized spacial score (nSPS) is 14.4. The number of nitro benzene ring substituents is 1. The zero-order valence-electron chi connectivity index (χ0n) is 18.2. The molecule has 33 heavy (non-hydrogen) atoms. The van der Waals surface area contributed by atoms with Gasteiger partial charge in [-0.25, -0.2) is 0 Å². The minimum absolute atomic E-state index is 0.130. The number of nitro groups is 1. The highest BCUT2D eigenvalue weighted by molar-refractivity contribution is 6.23. The maximum absolute atomic E-state index is 13.6. The monoisotopic (exact) mass is 442 g/mol. The number of amides is 1. The summed E-state index contributed by atoms with van der Waals surface area (Å²) in [6.45, 7) is 2.49. The van der Waals surface area contributed by atoms with Crippen molar-refractivity contribution in [2.45, 2.75) is 6.92 Å². The number of methoxy groups -OCH3 is 1. The number of non-ortho nitro benzene ring substituents is 1. The van der Waals surface area contributed by atoms with Crippen LogP contribution in [0.25, 0.3) is 11.8 Å². The zero-order valence-corrected chi connectivity index (χ0v) is 18.2. The Hall–Kier alpha value is -4.39. The summed E-state index contributed by atoms with van der Waals surface area (Å²) >= 11 is 0. The lowest BCUT2D eigenvalue weighted by Crippen LogP contribution is -2.25. The molecule has 0 spiro atoms. The van der Waals surface area contributed by atoms with E-state index in [2.05, 4.69) is 0 Å². The van der Waals surface area contributed by atoms with Gasteiger partial charge in [0.15, 0.2) is 0 Å². The Balaban J connectivity index is 1.82. The Morgan fingerprint density at radius 1 is 1.03 bits per heavy atom. The molecule has 0 atom stereocenters. The standard InChI is InChI=1S/C26H22N2O5/c1-3-33-22-12-9-18(10-13-22)15-20-16-23(19-7-5-4-6-8-19)27(26(20)29)24-17-21(28(30)31)11-14-25(24)32-2/h4-17H,3H2,1-2H3/b20-15+. The van der Waals surface area contributed by atoms with Crippen molar-refractivity contribution in [1.29, 1.82) is 0 Å². The lowest BCUT2D eigenvalue weighted by atomic mass is 10.1. The highest BCUT2D eigenvalue weighted by Gasteiger charge is 2.33. The quantitative estimate of drug-likeness (QED) is 0.275. The molecule has 3 aromatic carbocycles. The van der Waals surface area contributed by atoms with Crippen LogP contribution in [0.4, 0.5) is 11.4 Å². The van der Waals surface area contributed by atoms with Crippen LogP contribution in [0.1, 0.15) is 18.1 Å². The van der Waals surface area contributed by atoms with Crippen molar-refractivity contribution in [1.82, 2.24) is 0 Å². The smallest absolute Gasteiger partial charge is 0.271 e. The number of nitrogens with zero attached hydrogens (tertiary/aromatic N) is 2. The summed E-state index contributed by atoms with van der Waals surface area (Å²) < 4.78 is 10.9. The molecule has 1 aliphatic rings. The number of benzene rings is 3. The number of carbonyl (C=O) groups excluding carboxylic acids is 1. The molecule has 1 amide bonds. The molecule has 7 nitrogen and oxygen atoms in total. The van der Waals surface area contributed by atoms with Crippen LogP contribution < -0.4 is 14.4 Å². The first-order valence-electron chi connectivity index (χ1n) is 10.4. The van der Waals surface area contributed by atoms with E-state index in [1.807, 2.05) is 61.5 Å². The van der Waals surface area contributed by atoms with Gasteiger partial charge in [-0.05, 0) is 48.4 Å². The maximum Gasteiger partial charge on any atom is 0.271 e. The molecule has 0 saturated carbocycles. The minimum Gasteiger partial charge on any atom is -0.495 e. The van der Waals surface area contributed by atoms with Gasteiger partial charge in [0, 0.05) is 17.7 Å². The third-order valence-electron chi connectivity index (χ3n) is 5.18. The highest BCUT2D eigenvalue weighted by atomic mass is 16.6. The number of anilines is 1. The van der Waals surface area contributed by atoms with Gasteiger partial charge in [0.25, 0.3) is 11.6 Å². The molecule has 1 aliphatic heterocycles. The largest absolute Gasteiger partial charge is 0.495 e. The van der Waals surface area contributed by atoms with Gasteiger partial charge in [-0.15, -0.1) is 0 Å². The summed E-state index contributed by atoms with van der Waals surface area (Å²) in [5, 5.41) is 11.4. The Morgan fingerprint density at radius 2 is 1.76 bits per heavy atom. The van der Waals surface area contributed by atoms with Gasteiger partial charge in [-0.2, -0.15) is 0 Å². The molecule has 1 heterocycles. The molecular weight excluding hydrogens is 420 g/mol. The Bertz CT molecular complexity index is 1250. The van der Waals surface area contributed by atoms with Gasteiger partial charge in [0.05, 0.1) is 30.0 Å². The molecule has 7 heteroatoms. The molecule has 166 valence electrons. The second-order valence-electron chi connectivity index (χ2n) is 7.25. The van der Waals surface area contributed by atoms with Gasteiger partial charge < -0.3 is 9.47 Å². The van der Waals surface area contributed by atoms with Crippen LogP contribution in [0.5, 0.6) is 11.5 Å². The van der Waals surface area contributed by atoms with Gasteiger partial charge in [0.1, 0.15) is 11.5 Å². The van der Waals surface area contributed by atoms with Crippen LogP contribution in [0, 0.1) is 10.1 Å². The molecule has 0 unspecified atom stereocenters. The van der Waals surface area contributed by atoms with Crippen molar-refractivity contribution in [3.8, 4) is 11.5 Å². The van der Waals surface area contributed by atoms with E-state index < -0.39 is 4.92 Å². The summed E-state index contributed by atoms with van der Waals surface area (Å²) in [4.78, 5) is 25.9. The number of rotatable bonds is 7. The topological polar surface area (TPSA) is 81.9 Å². The van der Waals surface area contributed by atoms with E-state index in [1.54, 1.807) is 12.2 Å². The lowest BCUT2D eigenvalue weighted by Gasteiger charge is -2.22. The summed E-state index contributed by atoms with van der Waals surface area (Å²) in [6, 6.07) is 21.0. The van der Waals surface area contributed by atoms with Gasteiger partial charge in [-0.1, -0.05) is 42.5 Å². The van der Waals surface area contributed by atoms with Crippen molar-refractivity contribution < 1.29 is 19.2 Å². The van der Waals surface area contributed by atoms with Crippen molar-refractivity contribution in [3.05, 3.63) is 106 Å². The average molecular weight is 442 g/mol. The second-order valence-corrected chi connectivity index (χ2v) is 7.25. The summed E-state index contributed by atoms with van der Waals surface area (Å²) in [7, 11) is 1.47. The molecule has 3 aromatic rings. The predicted molar refractivity (Wildman–Crippen MR) is 127 cm³/mol. The lowest BCUT2D eigenvalue weighted by molar-refractivity contribution is -0.384. The molecule has 0 aromatic heterocycles. The number of hydrogen-bond donors (Lipinski definition) is 0. The van der Waals surface area contributed by atoms with E-state index in [0.717, 1.165) is 16.9 Å². The molecule has 0 fully saturated rings. The van der Waals surface area contributed by atoms with Crippen LogP contribution >= 0.6 is 0 Å². The van der Waals surface area contributed by atoms with Gasteiger partial charge >= 0.3 is 0 Å². The van der Waals surface area contributed by atoms with Crippen molar-refractivity contribution in [2.24, 2.45) is 0 Å². The number of hydrogen-bond acceptors (Lipinski definition) is 5. The van der Waals surface area contributed by atoms with Crippen molar-refractivity contribution >= 4 is 29.1 Å². The molecule has 0 bridgehead atoms. The molecule has 0 aliphatic carbocycles. The Morgan fingerprint density at radius 3 is 2.39 bits per heavy atom. The third kappa shape index (κ3) is 4.48. The van der Waals surface area contributed by atoms with Crippen LogP contribution in [-0.4, -0.2) is 24.5 Å². The summed E-state index contributed by atoms with van der Waals surface area (Å²) in [5.41, 5.74) is 2.87. The Kier molecular flexibility index (Phi) is 6.22. The first kappa shape index (κ1) is 21.8. The van der Waals surface area contributed by atoms with E-state index in [0.29, 0.717) is 29.3 Å². The van der Waals surface area contributed by atoms with Crippen LogP contribution in [0.3, 0.4) is 0 Å². The number of carbonyl (C=O) groups is 1. The molecule has 0 radical (unpaired) electrons. The van der Waals surface area contributed by atoms with E-state index in [9.17, 15) is 14.9 Å². The SMILES string of the molecule is CCOc1ccc(/C=C2\C=C(c3ccccc3)N(c3cc([N+](=O)[O-])ccc3OC)C2=O)cc1. The van der Waals surface area contributed by atoms with E-state index >= 15 is 0 Å². The van der Waals surface area contributed by atoms with Crippen LogP contribution in [0.15, 0.2) is 84.4 Å². The molecule has 4 rings (SSSR count). The van der Waals surface area contributed by atoms with Crippen LogP contribution in [-0.2, 0) is 4.79 Å². The third-order valence-corrected chi connectivity index (χ3v) is 5.18. The summed E-state index contributed by atoms with van der Waals surface area (Å²) in [5.74, 6) is 0.806. The fourth-order valence-electron chi connectivity index (χ4n) is 3.65. The first-order valence-corrected chi connectivity index (χ1v) is 10.4. The van der Waals surface area contributed by atoms with E-state index in [4.69, 9.17) is 9.47 Å². The van der Waals surface area contributed by atoms with Gasteiger partial charge in [0.2, 0.25) is 0 Å². The second kappa shape index (κ2) is 9.40. The van der Waals surface area contributed by atoms with Crippen molar-refractivity contribution in [2.75, 3.05) is 18.6 Å². The zero-order chi connectivity index (χ0) is 23.4. The molecule has 0 saturated heterocycles. The Labute approximate surface area is 191 Å². The predicted octanol–water partition coefficient (Wildman–Crippen LogP) is 5.47. The maximum atomic E-state index is 13.6. The molecule has 0 N–H and O–H groups in total. The highest BCUT2D eigenvalue weighted by Crippen LogP contribution is 2.41.